The smallest absolute Gasteiger partial charge is 0.129 e. The van der Waals surface area contributed by atoms with E-state index < -0.39 is 0 Å². The average Bonchev–Trinajstić information content (AvgIpc) is 2.06. The molecule has 1 heterocycles. The molecule has 0 fully saturated rings. The Morgan fingerprint density at radius 1 is 1.50 bits per heavy atom. The lowest BCUT2D eigenvalue weighted by Crippen LogP contribution is -2.34. The van der Waals surface area contributed by atoms with Crippen LogP contribution in [0.25, 0.3) is 0 Å². The van der Waals surface area contributed by atoms with E-state index in [0.717, 1.165) is 11.5 Å². The highest BCUT2D eigenvalue weighted by atomic mass is 35.5. The zero-order chi connectivity index (χ0) is 10.6. The third-order valence-electron chi connectivity index (χ3n) is 1.53. The molecule has 2 N–H and O–H groups in total. The van der Waals surface area contributed by atoms with Crippen LogP contribution in [0.3, 0.4) is 0 Å². The van der Waals surface area contributed by atoms with Crippen LogP contribution in [0.1, 0.15) is 19.4 Å². The summed E-state index contributed by atoms with van der Waals surface area (Å²) in [6.07, 6.45) is 1.80. The topological polar surface area (TPSA) is 38.9 Å². The number of aromatic nitrogens is 1. The SMILES string of the molecule is CC(C)(N)CSCc1ccc(Cl)nc1. The molecule has 0 saturated heterocycles. The molecule has 0 spiro atoms. The first-order valence-corrected chi connectivity index (χ1v) is 5.98. The Hall–Kier alpha value is -0.250. The van der Waals surface area contributed by atoms with Gasteiger partial charge >= 0.3 is 0 Å². The van der Waals surface area contributed by atoms with E-state index in [1.165, 1.54) is 5.56 Å². The van der Waals surface area contributed by atoms with Crippen molar-refractivity contribution in [2.24, 2.45) is 5.73 Å². The van der Waals surface area contributed by atoms with Crippen LogP contribution in [-0.4, -0.2) is 16.3 Å². The van der Waals surface area contributed by atoms with Crippen molar-refractivity contribution in [1.29, 1.82) is 0 Å². The Bertz CT molecular complexity index is 279. The fraction of sp³-hybridized carbons (Fsp3) is 0.500. The molecular weight excluding hydrogens is 216 g/mol. The molecule has 78 valence electrons. The molecule has 1 aromatic heterocycles. The Morgan fingerprint density at radius 3 is 2.71 bits per heavy atom. The van der Waals surface area contributed by atoms with Gasteiger partial charge in [-0.2, -0.15) is 11.8 Å². The van der Waals surface area contributed by atoms with E-state index >= 15 is 0 Å². The molecule has 0 unspecified atom stereocenters. The lowest BCUT2D eigenvalue weighted by Gasteiger charge is -2.17. The second-order valence-electron chi connectivity index (χ2n) is 3.97. The van der Waals surface area contributed by atoms with E-state index in [4.69, 9.17) is 17.3 Å². The van der Waals surface area contributed by atoms with E-state index in [9.17, 15) is 0 Å². The molecule has 0 aromatic carbocycles. The Labute approximate surface area is 94.2 Å². The first kappa shape index (κ1) is 11.8. The molecule has 0 amide bonds. The van der Waals surface area contributed by atoms with Crippen molar-refractivity contribution in [1.82, 2.24) is 4.98 Å². The van der Waals surface area contributed by atoms with Gasteiger partial charge in [-0.1, -0.05) is 17.7 Å². The van der Waals surface area contributed by atoms with Gasteiger partial charge in [-0.05, 0) is 25.5 Å². The van der Waals surface area contributed by atoms with Gasteiger partial charge in [0.25, 0.3) is 0 Å². The predicted molar refractivity (Wildman–Crippen MR) is 63.7 cm³/mol. The highest BCUT2D eigenvalue weighted by Gasteiger charge is 2.09. The molecular formula is C10H15ClN2S. The van der Waals surface area contributed by atoms with Gasteiger partial charge in [0, 0.05) is 23.2 Å². The van der Waals surface area contributed by atoms with Crippen LogP contribution in [0.4, 0.5) is 0 Å². The Balaban J connectivity index is 2.35. The van der Waals surface area contributed by atoms with Crippen molar-refractivity contribution in [2.45, 2.75) is 25.1 Å². The normalized spacial score (nSPS) is 11.7. The maximum atomic E-state index is 5.87. The summed E-state index contributed by atoms with van der Waals surface area (Å²) < 4.78 is 0. The van der Waals surface area contributed by atoms with Crippen LogP contribution in [0.15, 0.2) is 18.3 Å². The second-order valence-corrected chi connectivity index (χ2v) is 5.34. The number of pyridine rings is 1. The third-order valence-corrected chi connectivity index (χ3v) is 3.24. The summed E-state index contributed by atoms with van der Waals surface area (Å²) in [5.41, 5.74) is 6.94. The van der Waals surface area contributed by atoms with Gasteiger partial charge in [0.1, 0.15) is 5.15 Å². The number of hydrogen-bond acceptors (Lipinski definition) is 3. The van der Waals surface area contributed by atoms with Crippen LogP contribution in [0.5, 0.6) is 0 Å². The molecule has 0 saturated carbocycles. The van der Waals surface area contributed by atoms with Crippen molar-refractivity contribution >= 4 is 23.4 Å². The number of nitrogens with zero attached hydrogens (tertiary/aromatic N) is 1. The summed E-state index contributed by atoms with van der Waals surface area (Å²) in [5, 5.41) is 0.540. The first-order chi connectivity index (χ1) is 6.47. The predicted octanol–water partition coefficient (Wildman–Crippen LogP) is 2.71. The molecule has 1 aromatic rings. The third kappa shape index (κ3) is 4.84. The van der Waals surface area contributed by atoms with Crippen molar-refractivity contribution in [3.05, 3.63) is 29.0 Å². The van der Waals surface area contributed by atoms with Crippen molar-refractivity contribution in [2.75, 3.05) is 5.75 Å². The van der Waals surface area contributed by atoms with E-state index in [0.29, 0.717) is 5.15 Å². The first-order valence-electron chi connectivity index (χ1n) is 4.44. The van der Waals surface area contributed by atoms with E-state index in [1.54, 1.807) is 6.20 Å². The Morgan fingerprint density at radius 2 is 2.21 bits per heavy atom. The molecule has 0 aliphatic heterocycles. The lowest BCUT2D eigenvalue weighted by molar-refractivity contribution is 0.591. The molecule has 0 radical (unpaired) electrons. The summed E-state index contributed by atoms with van der Waals surface area (Å²) in [5.74, 6) is 1.88. The highest BCUT2D eigenvalue weighted by Crippen LogP contribution is 2.16. The van der Waals surface area contributed by atoms with Crippen LogP contribution in [0.2, 0.25) is 5.15 Å². The van der Waals surface area contributed by atoms with Gasteiger partial charge in [0.15, 0.2) is 0 Å². The molecule has 4 heteroatoms. The molecule has 1 rings (SSSR count). The summed E-state index contributed by atoms with van der Waals surface area (Å²) >= 11 is 7.49. The summed E-state index contributed by atoms with van der Waals surface area (Å²) in [6.45, 7) is 4.06. The lowest BCUT2D eigenvalue weighted by atomic mass is 10.1. The molecule has 0 bridgehead atoms. The number of thioether (sulfide) groups is 1. The number of hydrogen-bond donors (Lipinski definition) is 1. The van der Waals surface area contributed by atoms with Gasteiger partial charge in [-0.25, -0.2) is 4.98 Å². The second kappa shape index (κ2) is 5.01. The summed E-state index contributed by atoms with van der Waals surface area (Å²) in [6, 6.07) is 3.80. The summed E-state index contributed by atoms with van der Waals surface area (Å²) in [7, 11) is 0. The molecule has 14 heavy (non-hydrogen) atoms. The Kier molecular flexibility index (Phi) is 4.23. The molecule has 0 aliphatic carbocycles. The number of halogens is 1. The van der Waals surface area contributed by atoms with Gasteiger partial charge in [0.2, 0.25) is 0 Å². The fourth-order valence-corrected chi connectivity index (χ4v) is 2.07. The summed E-state index contributed by atoms with van der Waals surface area (Å²) in [4.78, 5) is 4.02. The maximum absolute atomic E-state index is 5.87. The van der Waals surface area contributed by atoms with E-state index in [1.807, 2.05) is 37.7 Å². The van der Waals surface area contributed by atoms with Crippen LogP contribution < -0.4 is 5.73 Å². The highest BCUT2D eigenvalue weighted by molar-refractivity contribution is 7.98. The zero-order valence-corrected chi connectivity index (χ0v) is 10.0. The maximum Gasteiger partial charge on any atom is 0.129 e. The molecule has 0 aliphatic rings. The van der Waals surface area contributed by atoms with Crippen molar-refractivity contribution < 1.29 is 0 Å². The van der Waals surface area contributed by atoms with E-state index in [-0.39, 0.29) is 5.54 Å². The van der Waals surface area contributed by atoms with Crippen LogP contribution in [-0.2, 0) is 5.75 Å². The molecule has 2 nitrogen and oxygen atoms in total. The number of nitrogens with two attached hydrogens (primary N) is 1. The number of rotatable bonds is 4. The van der Waals surface area contributed by atoms with Gasteiger partial charge in [-0.15, -0.1) is 0 Å². The minimum Gasteiger partial charge on any atom is -0.325 e. The average molecular weight is 231 g/mol. The van der Waals surface area contributed by atoms with Crippen molar-refractivity contribution in [3.63, 3.8) is 0 Å². The quantitative estimate of drug-likeness (QED) is 0.809. The minimum absolute atomic E-state index is 0.107. The van der Waals surface area contributed by atoms with Crippen LogP contribution >= 0.6 is 23.4 Å². The monoisotopic (exact) mass is 230 g/mol. The largest absolute Gasteiger partial charge is 0.325 e. The van der Waals surface area contributed by atoms with Gasteiger partial charge in [-0.3, -0.25) is 0 Å². The fourth-order valence-electron chi connectivity index (χ4n) is 0.924. The van der Waals surface area contributed by atoms with Crippen molar-refractivity contribution in [3.8, 4) is 0 Å². The van der Waals surface area contributed by atoms with Gasteiger partial charge < -0.3 is 5.73 Å². The van der Waals surface area contributed by atoms with Gasteiger partial charge in [0.05, 0.1) is 0 Å². The molecule has 0 atom stereocenters. The van der Waals surface area contributed by atoms with Crippen LogP contribution in [0, 0.1) is 0 Å². The zero-order valence-electron chi connectivity index (χ0n) is 8.46. The van der Waals surface area contributed by atoms with E-state index in [2.05, 4.69) is 4.98 Å². The minimum atomic E-state index is -0.107. The standard InChI is InChI=1S/C10H15ClN2S/c1-10(2,12)7-14-6-8-3-4-9(11)13-5-8/h3-5H,6-7,12H2,1-2H3.